The number of rotatable bonds is 2. The molecule has 1 aromatic rings. The molecule has 0 bridgehead atoms. The van der Waals surface area contributed by atoms with Gasteiger partial charge in [0, 0.05) is 6.54 Å². The first kappa shape index (κ1) is 12.0. The number of hydrogen-bond acceptors (Lipinski definition) is 5. The molecule has 2 heterocycles. The Kier molecular flexibility index (Phi) is 3.68. The fourth-order valence-electron chi connectivity index (χ4n) is 2.01. The largest absolute Gasteiger partial charge is 0.480 e. The van der Waals surface area contributed by atoms with Gasteiger partial charge in [-0.2, -0.15) is 8.75 Å². The normalized spacial score (nSPS) is 20.9. The van der Waals surface area contributed by atoms with Gasteiger partial charge in [0.25, 0.3) is 5.91 Å². The first-order valence-corrected chi connectivity index (χ1v) is 6.24. The second-order valence-corrected chi connectivity index (χ2v) is 4.55. The predicted molar refractivity (Wildman–Crippen MR) is 60.8 cm³/mol. The Balaban J connectivity index is 2.20. The molecule has 1 aromatic heterocycles. The number of likely N-dealkylation sites (tertiary alicyclic amines) is 1. The average molecular weight is 255 g/mol. The van der Waals surface area contributed by atoms with Crippen molar-refractivity contribution < 1.29 is 14.7 Å². The van der Waals surface area contributed by atoms with E-state index in [2.05, 4.69) is 8.75 Å². The number of hydrogen-bond donors (Lipinski definition) is 1. The molecular weight excluding hydrogens is 242 g/mol. The number of aromatic nitrogens is 2. The van der Waals surface area contributed by atoms with E-state index >= 15 is 0 Å². The average Bonchev–Trinajstić information content (AvgIpc) is 2.71. The lowest BCUT2D eigenvalue weighted by Gasteiger charge is -2.25. The van der Waals surface area contributed by atoms with E-state index in [1.165, 1.54) is 11.1 Å². The van der Waals surface area contributed by atoms with Gasteiger partial charge in [-0.1, -0.05) is 12.8 Å². The van der Waals surface area contributed by atoms with Crippen LogP contribution in [-0.2, 0) is 4.79 Å². The zero-order valence-electron chi connectivity index (χ0n) is 9.20. The third kappa shape index (κ3) is 2.60. The summed E-state index contributed by atoms with van der Waals surface area (Å²) in [5.74, 6) is -1.27. The summed E-state index contributed by atoms with van der Waals surface area (Å²) in [5, 5.41) is 9.15. The van der Waals surface area contributed by atoms with Gasteiger partial charge in [-0.15, -0.1) is 0 Å². The molecule has 0 aliphatic carbocycles. The molecule has 0 saturated carbocycles. The predicted octanol–water partition coefficient (Wildman–Crippen LogP) is 1.01. The molecule has 0 radical (unpaired) electrons. The Labute approximate surface area is 103 Å². The van der Waals surface area contributed by atoms with Crippen molar-refractivity contribution in [3.63, 3.8) is 0 Å². The van der Waals surface area contributed by atoms with Crippen molar-refractivity contribution in [3.8, 4) is 0 Å². The minimum atomic E-state index is -0.941. The maximum atomic E-state index is 12.1. The summed E-state index contributed by atoms with van der Waals surface area (Å²) >= 11 is 0.952. The highest BCUT2D eigenvalue weighted by Crippen LogP contribution is 2.19. The minimum Gasteiger partial charge on any atom is -0.480 e. The van der Waals surface area contributed by atoms with Crippen molar-refractivity contribution in [3.05, 3.63) is 11.9 Å². The van der Waals surface area contributed by atoms with Gasteiger partial charge in [0.2, 0.25) is 0 Å². The topological polar surface area (TPSA) is 83.4 Å². The van der Waals surface area contributed by atoms with Crippen molar-refractivity contribution in [2.45, 2.75) is 31.7 Å². The van der Waals surface area contributed by atoms with Crippen LogP contribution in [-0.4, -0.2) is 43.2 Å². The van der Waals surface area contributed by atoms with Gasteiger partial charge in [0.05, 0.1) is 17.9 Å². The van der Waals surface area contributed by atoms with E-state index < -0.39 is 12.0 Å². The molecule has 1 atom stereocenters. The van der Waals surface area contributed by atoms with E-state index in [0.717, 1.165) is 31.0 Å². The number of carboxylic acids is 1. The quantitative estimate of drug-likeness (QED) is 0.852. The van der Waals surface area contributed by atoms with Crippen molar-refractivity contribution >= 4 is 23.6 Å². The molecule has 17 heavy (non-hydrogen) atoms. The van der Waals surface area contributed by atoms with Crippen LogP contribution in [0, 0.1) is 0 Å². The summed E-state index contributed by atoms with van der Waals surface area (Å²) in [7, 11) is 0. The maximum absolute atomic E-state index is 12.1. The van der Waals surface area contributed by atoms with Gasteiger partial charge in [0.15, 0.2) is 5.69 Å². The first-order chi connectivity index (χ1) is 8.20. The van der Waals surface area contributed by atoms with Crippen LogP contribution in [0.5, 0.6) is 0 Å². The monoisotopic (exact) mass is 255 g/mol. The molecule has 1 aliphatic heterocycles. The summed E-state index contributed by atoms with van der Waals surface area (Å²) in [6.07, 6.45) is 4.54. The molecule has 7 heteroatoms. The highest BCUT2D eigenvalue weighted by Gasteiger charge is 2.32. The standard InChI is InChI=1S/C10H13N3O3S/c14-9(7-6-11-17-12-7)13-5-3-1-2-4-8(13)10(15)16/h6,8H,1-5H2,(H,15,16). The highest BCUT2D eigenvalue weighted by molar-refractivity contribution is 6.99. The number of aliphatic carboxylic acids is 1. The van der Waals surface area contributed by atoms with Gasteiger partial charge < -0.3 is 10.0 Å². The SMILES string of the molecule is O=C(O)C1CCCCCN1C(=O)c1cnsn1. The van der Waals surface area contributed by atoms with Crippen molar-refractivity contribution in [1.82, 2.24) is 13.6 Å². The van der Waals surface area contributed by atoms with Crippen LogP contribution in [0.4, 0.5) is 0 Å². The second-order valence-electron chi connectivity index (χ2n) is 3.99. The smallest absolute Gasteiger partial charge is 0.326 e. The van der Waals surface area contributed by atoms with Crippen LogP contribution in [0.1, 0.15) is 36.2 Å². The zero-order valence-corrected chi connectivity index (χ0v) is 10.0. The molecule has 1 unspecified atom stereocenters. The third-order valence-corrected chi connectivity index (χ3v) is 3.36. The summed E-state index contributed by atoms with van der Waals surface area (Å²) < 4.78 is 7.63. The molecule has 0 spiro atoms. The number of carboxylic acid groups (broad SMARTS) is 1. The molecule has 6 nitrogen and oxygen atoms in total. The Morgan fingerprint density at radius 2 is 2.24 bits per heavy atom. The summed E-state index contributed by atoms with van der Waals surface area (Å²) in [5.41, 5.74) is 0.239. The van der Waals surface area contributed by atoms with Crippen LogP contribution in [0.25, 0.3) is 0 Å². The lowest BCUT2D eigenvalue weighted by molar-refractivity contribution is -0.142. The van der Waals surface area contributed by atoms with E-state index in [0.29, 0.717) is 13.0 Å². The van der Waals surface area contributed by atoms with Gasteiger partial charge in [0.1, 0.15) is 6.04 Å². The lowest BCUT2D eigenvalue weighted by Crippen LogP contribution is -2.44. The molecule has 2 rings (SSSR count). The van der Waals surface area contributed by atoms with Crippen LogP contribution in [0.15, 0.2) is 6.20 Å². The molecule has 1 aliphatic rings. The molecule has 1 amide bonds. The fourth-order valence-corrected chi connectivity index (χ4v) is 2.42. The Bertz CT molecular complexity index is 407. The molecule has 1 N–H and O–H groups in total. The lowest BCUT2D eigenvalue weighted by atomic mass is 10.1. The fraction of sp³-hybridized carbons (Fsp3) is 0.600. The van der Waals surface area contributed by atoms with Crippen molar-refractivity contribution in [1.29, 1.82) is 0 Å². The van der Waals surface area contributed by atoms with E-state index in [-0.39, 0.29) is 11.6 Å². The highest BCUT2D eigenvalue weighted by atomic mass is 32.1. The maximum Gasteiger partial charge on any atom is 0.326 e. The van der Waals surface area contributed by atoms with E-state index in [1.54, 1.807) is 0 Å². The van der Waals surface area contributed by atoms with Crippen LogP contribution >= 0.6 is 11.7 Å². The Morgan fingerprint density at radius 3 is 2.88 bits per heavy atom. The second kappa shape index (κ2) is 5.22. The molecule has 1 fully saturated rings. The first-order valence-electron chi connectivity index (χ1n) is 5.51. The summed E-state index contributed by atoms with van der Waals surface area (Å²) in [4.78, 5) is 24.7. The Morgan fingerprint density at radius 1 is 1.41 bits per heavy atom. The molecule has 92 valence electrons. The summed E-state index contributed by atoms with van der Waals surface area (Å²) in [6, 6.07) is -0.730. The van der Waals surface area contributed by atoms with Gasteiger partial charge in [-0.3, -0.25) is 4.79 Å². The molecule has 0 aromatic carbocycles. The van der Waals surface area contributed by atoms with Crippen LogP contribution < -0.4 is 0 Å². The van der Waals surface area contributed by atoms with E-state index in [1.807, 2.05) is 0 Å². The Hall–Kier alpha value is -1.50. The van der Waals surface area contributed by atoms with Crippen LogP contribution in [0.2, 0.25) is 0 Å². The van der Waals surface area contributed by atoms with Crippen LogP contribution in [0.3, 0.4) is 0 Å². The number of carbonyl (C=O) groups is 2. The van der Waals surface area contributed by atoms with Crippen molar-refractivity contribution in [2.75, 3.05) is 6.54 Å². The number of nitrogens with zero attached hydrogens (tertiary/aromatic N) is 3. The number of carbonyl (C=O) groups excluding carboxylic acids is 1. The van der Waals surface area contributed by atoms with E-state index in [9.17, 15) is 9.59 Å². The van der Waals surface area contributed by atoms with Gasteiger partial charge in [-0.25, -0.2) is 4.79 Å². The minimum absolute atomic E-state index is 0.239. The van der Waals surface area contributed by atoms with E-state index in [4.69, 9.17) is 5.11 Å². The molecular formula is C10H13N3O3S. The van der Waals surface area contributed by atoms with Crippen molar-refractivity contribution in [2.24, 2.45) is 0 Å². The van der Waals surface area contributed by atoms with Gasteiger partial charge in [-0.05, 0) is 12.8 Å². The number of amides is 1. The molecule has 1 saturated heterocycles. The van der Waals surface area contributed by atoms with Gasteiger partial charge >= 0.3 is 5.97 Å². The summed E-state index contributed by atoms with van der Waals surface area (Å²) in [6.45, 7) is 0.479. The third-order valence-electron chi connectivity index (χ3n) is 2.88. The zero-order chi connectivity index (χ0) is 12.3.